The molecular weight excluding hydrogens is 302 g/mol. The molecule has 0 amide bonds. The van der Waals surface area contributed by atoms with Crippen molar-refractivity contribution in [1.29, 1.82) is 0 Å². The number of hydrogen-bond donors (Lipinski definition) is 0. The van der Waals surface area contributed by atoms with Gasteiger partial charge in [0.05, 0.1) is 0 Å². The Hall–Kier alpha value is -1.73. The Bertz CT molecular complexity index is 793. The molecule has 0 saturated heterocycles. The quantitative estimate of drug-likeness (QED) is 0.648. The molecule has 0 saturated carbocycles. The molecular formula is C21H22ClN. The second kappa shape index (κ2) is 5.42. The van der Waals surface area contributed by atoms with Crippen LogP contribution >= 0.6 is 11.6 Å². The van der Waals surface area contributed by atoms with Crippen molar-refractivity contribution in [2.24, 2.45) is 5.41 Å². The van der Waals surface area contributed by atoms with Gasteiger partial charge in [0.15, 0.2) is 0 Å². The maximum absolute atomic E-state index is 6.11. The number of allylic oxidation sites excluding steroid dienone is 4. The molecule has 4 rings (SSSR count). The molecule has 0 fully saturated rings. The number of benzene rings is 1. The highest BCUT2D eigenvalue weighted by atomic mass is 35.5. The Morgan fingerprint density at radius 3 is 2.65 bits per heavy atom. The second-order valence-corrected chi connectivity index (χ2v) is 7.97. The summed E-state index contributed by atoms with van der Waals surface area (Å²) in [7, 11) is 0. The van der Waals surface area contributed by atoms with Crippen LogP contribution in [0.4, 0.5) is 0 Å². The van der Waals surface area contributed by atoms with Crippen LogP contribution in [0.15, 0.2) is 59.8 Å². The van der Waals surface area contributed by atoms with Crippen molar-refractivity contribution in [1.82, 2.24) is 4.57 Å². The van der Waals surface area contributed by atoms with E-state index in [1.807, 2.05) is 6.08 Å². The molecule has 1 unspecified atom stereocenters. The number of aromatic nitrogens is 1. The summed E-state index contributed by atoms with van der Waals surface area (Å²) in [5.74, 6) is 0.425. The molecule has 1 aliphatic heterocycles. The molecule has 1 aromatic carbocycles. The summed E-state index contributed by atoms with van der Waals surface area (Å²) in [5.41, 5.74) is 6.06. The predicted molar refractivity (Wildman–Crippen MR) is 97.8 cm³/mol. The lowest BCUT2D eigenvalue weighted by molar-refractivity contribution is 0.358. The van der Waals surface area contributed by atoms with Gasteiger partial charge in [-0.1, -0.05) is 67.9 Å². The van der Waals surface area contributed by atoms with E-state index in [-0.39, 0.29) is 0 Å². The zero-order valence-corrected chi connectivity index (χ0v) is 14.5. The van der Waals surface area contributed by atoms with Crippen LogP contribution in [0.25, 0.3) is 11.1 Å². The van der Waals surface area contributed by atoms with Gasteiger partial charge in [-0.15, -0.1) is 0 Å². The number of nitrogens with zero attached hydrogens (tertiary/aromatic N) is 1. The number of hydrogen-bond acceptors (Lipinski definition) is 0. The average Bonchev–Trinajstić information content (AvgIpc) is 3.00. The molecule has 23 heavy (non-hydrogen) atoms. The van der Waals surface area contributed by atoms with Crippen LogP contribution in [0.1, 0.15) is 37.4 Å². The smallest absolute Gasteiger partial charge is 0.0363 e. The summed E-state index contributed by atoms with van der Waals surface area (Å²) in [6.07, 6.45) is 10.9. The van der Waals surface area contributed by atoms with Gasteiger partial charge in [-0.3, -0.25) is 0 Å². The topological polar surface area (TPSA) is 4.93 Å². The molecule has 2 aromatic rings. The minimum atomic E-state index is 0.350. The highest BCUT2D eigenvalue weighted by Gasteiger charge is 2.33. The first kappa shape index (κ1) is 14.8. The Balaban J connectivity index is 1.83. The van der Waals surface area contributed by atoms with Crippen LogP contribution in [-0.2, 0) is 13.0 Å². The highest BCUT2D eigenvalue weighted by molar-refractivity contribution is 6.31. The van der Waals surface area contributed by atoms with E-state index < -0.39 is 0 Å². The van der Waals surface area contributed by atoms with E-state index in [0.29, 0.717) is 11.3 Å². The summed E-state index contributed by atoms with van der Waals surface area (Å²) in [5, 5.41) is 0.857. The Labute approximate surface area is 143 Å². The fourth-order valence-corrected chi connectivity index (χ4v) is 4.13. The molecule has 118 valence electrons. The van der Waals surface area contributed by atoms with Crippen molar-refractivity contribution < 1.29 is 0 Å². The molecule has 1 atom stereocenters. The molecule has 2 aliphatic rings. The van der Waals surface area contributed by atoms with Gasteiger partial charge in [0.1, 0.15) is 0 Å². The first-order valence-electron chi connectivity index (χ1n) is 8.35. The molecule has 1 aromatic heterocycles. The first-order valence-corrected chi connectivity index (χ1v) is 8.72. The van der Waals surface area contributed by atoms with Gasteiger partial charge >= 0.3 is 0 Å². The van der Waals surface area contributed by atoms with E-state index in [1.54, 1.807) is 0 Å². The van der Waals surface area contributed by atoms with Gasteiger partial charge in [0, 0.05) is 34.9 Å². The van der Waals surface area contributed by atoms with E-state index >= 15 is 0 Å². The monoisotopic (exact) mass is 323 g/mol. The molecule has 0 spiro atoms. The minimum absolute atomic E-state index is 0.350. The summed E-state index contributed by atoms with van der Waals surface area (Å²) in [4.78, 5) is 0. The van der Waals surface area contributed by atoms with Crippen LogP contribution < -0.4 is 0 Å². The second-order valence-electron chi connectivity index (χ2n) is 7.53. The normalized spacial score (nSPS) is 22.0. The van der Waals surface area contributed by atoms with Crippen LogP contribution in [0.5, 0.6) is 0 Å². The molecule has 2 heterocycles. The van der Waals surface area contributed by atoms with Gasteiger partial charge in [-0.25, -0.2) is 0 Å². The Morgan fingerprint density at radius 2 is 1.96 bits per heavy atom. The van der Waals surface area contributed by atoms with Gasteiger partial charge in [0.25, 0.3) is 0 Å². The minimum Gasteiger partial charge on any atom is -0.350 e. The van der Waals surface area contributed by atoms with E-state index in [9.17, 15) is 0 Å². The van der Waals surface area contributed by atoms with Crippen LogP contribution in [-0.4, -0.2) is 4.57 Å². The summed E-state index contributed by atoms with van der Waals surface area (Å²) >= 11 is 6.11. The lowest BCUT2D eigenvalue weighted by Gasteiger charge is -2.19. The third-order valence-corrected chi connectivity index (χ3v) is 5.26. The van der Waals surface area contributed by atoms with Crippen LogP contribution in [0, 0.1) is 5.41 Å². The first-order chi connectivity index (χ1) is 11.0. The van der Waals surface area contributed by atoms with Crippen molar-refractivity contribution in [2.45, 2.75) is 39.2 Å². The van der Waals surface area contributed by atoms with E-state index in [1.165, 1.54) is 22.4 Å². The van der Waals surface area contributed by atoms with Crippen molar-refractivity contribution >= 4 is 11.6 Å². The zero-order valence-electron chi connectivity index (χ0n) is 13.7. The van der Waals surface area contributed by atoms with E-state index in [4.69, 9.17) is 11.6 Å². The Morgan fingerprint density at radius 1 is 1.17 bits per heavy atom. The lowest BCUT2D eigenvalue weighted by atomic mass is 9.84. The van der Waals surface area contributed by atoms with Crippen molar-refractivity contribution in [3.05, 3.63) is 71.0 Å². The highest BCUT2D eigenvalue weighted by Crippen LogP contribution is 2.44. The fourth-order valence-electron chi connectivity index (χ4n) is 3.97. The molecule has 0 N–H and O–H groups in total. The Kier molecular flexibility index (Phi) is 3.50. The number of rotatable bonds is 2. The molecule has 0 bridgehead atoms. The summed E-state index contributed by atoms with van der Waals surface area (Å²) < 4.78 is 2.48. The molecule has 2 heteroatoms. The van der Waals surface area contributed by atoms with Gasteiger partial charge < -0.3 is 4.57 Å². The third kappa shape index (κ3) is 2.68. The number of fused-ring (bicyclic) bond motifs is 1. The van der Waals surface area contributed by atoms with E-state index in [0.717, 1.165) is 24.4 Å². The lowest BCUT2D eigenvalue weighted by Crippen LogP contribution is -2.12. The number of halogens is 1. The average molecular weight is 324 g/mol. The van der Waals surface area contributed by atoms with Gasteiger partial charge in [-0.2, -0.15) is 0 Å². The standard InChI is InChI=1S/C21H22ClN/c1-21(2)12-19-20(16-6-4-3-5-7-16)18(13-23(19)14-21)15-8-10-17(22)11-9-15/h3-8,10-11,13,15H,9,12,14H2,1-2H3. The van der Waals surface area contributed by atoms with E-state index in [2.05, 4.69) is 67.1 Å². The van der Waals surface area contributed by atoms with Crippen molar-refractivity contribution in [3.63, 3.8) is 0 Å². The van der Waals surface area contributed by atoms with Crippen LogP contribution in [0.2, 0.25) is 0 Å². The third-order valence-electron chi connectivity index (χ3n) is 4.98. The SMILES string of the molecule is CC1(C)Cc2c(-c3ccccc3)c(C3C=CC(Cl)=CC3)cn2C1. The van der Waals surface area contributed by atoms with Crippen LogP contribution in [0.3, 0.4) is 0 Å². The molecule has 0 radical (unpaired) electrons. The summed E-state index contributed by atoms with van der Waals surface area (Å²) in [6, 6.07) is 10.8. The maximum Gasteiger partial charge on any atom is 0.0363 e. The maximum atomic E-state index is 6.11. The van der Waals surface area contributed by atoms with Gasteiger partial charge in [0.2, 0.25) is 0 Å². The largest absolute Gasteiger partial charge is 0.350 e. The predicted octanol–water partition coefficient (Wildman–Crippen LogP) is 5.90. The molecule has 1 nitrogen and oxygen atoms in total. The van der Waals surface area contributed by atoms with Crippen molar-refractivity contribution in [3.8, 4) is 11.1 Å². The van der Waals surface area contributed by atoms with Gasteiger partial charge in [-0.05, 0) is 35.5 Å². The summed E-state index contributed by atoms with van der Waals surface area (Å²) in [6.45, 7) is 5.82. The van der Waals surface area contributed by atoms with Crippen molar-refractivity contribution in [2.75, 3.05) is 0 Å². The zero-order chi connectivity index (χ0) is 16.0. The molecule has 1 aliphatic carbocycles. The fraction of sp³-hybridized carbons (Fsp3) is 0.333.